The summed E-state index contributed by atoms with van der Waals surface area (Å²) >= 11 is 0. The van der Waals surface area contributed by atoms with Gasteiger partial charge in [-0.15, -0.1) is 0 Å². The number of fused-ring (bicyclic) bond motifs is 7. The molecule has 11 aromatic rings. The predicted molar refractivity (Wildman–Crippen MR) is 229 cm³/mol. The number of anilines is 3. The Morgan fingerprint density at radius 1 is 0.291 bits per heavy atom. The minimum Gasteiger partial charge on any atom is -0.456 e. The van der Waals surface area contributed by atoms with Gasteiger partial charge in [0.05, 0.1) is 5.69 Å². The third kappa shape index (κ3) is 5.36. The fraction of sp³-hybridized carbons (Fsp3) is 0. The lowest BCUT2D eigenvalue weighted by Crippen LogP contribution is -2.11. The largest absolute Gasteiger partial charge is 0.456 e. The number of nitrogens with zero attached hydrogens (tertiary/aromatic N) is 1. The molecule has 0 amide bonds. The van der Waals surface area contributed by atoms with Crippen LogP contribution in [0, 0.1) is 0 Å². The van der Waals surface area contributed by atoms with Crippen molar-refractivity contribution in [2.45, 2.75) is 0 Å². The molecule has 0 aliphatic rings. The lowest BCUT2D eigenvalue weighted by Gasteiger charge is -2.29. The third-order valence-corrected chi connectivity index (χ3v) is 10.9. The third-order valence-electron chi connectivity index (χ3n) is 10.9. The molecule has 3 nitrogen and oxygen atoms in total. The molecule has 258 valence electrons. The van der Waals surface area contributed by atoms with Crippen LogP contribution in [-0.2, 0) is 0 Å². The molecule has 0 aliphatic heterocycles. The first-order valence-corrected chi connectivity index (χ1v) is 18.7. The van der Waals surface area contributed by atoms with Crippen molar-refractivity contribution in [1.29, 1.82) is 0 Å². The molecule has 9 aromatic carbocycles. The number of hydrogen-bond acceptors (Lipinski definition) is 3. The molecule has 55 heavy (non-hydrogen) atoms. The first-order chi connectivity index (χ1) is 27.2. The smallest absolute Gasteiger partial charge is 0.135 e. The summed E-state index contributed by atoms with van der Waals surface area (Å²) in [5.41, 5.74) is 13.7. The van der Waals surface area contributed by atoms with Crippen LogP contribution < -0.4 is 4.90 Å². The van der Waals surface area contributed by atoms with Gasteiger partial charge in [0.2, 0.25) is 0 Å². The molecule has 0 unspecified atom stereocenters. The Kier molecular flexibility index (Phi) is 7.17. The molecular weight excluding hydrogens is 671 g/mol. The van der Waals surface area contributed by atoms with Crippen LogP contribution in [0.5, 0.6) is 0 Å². The molecule has 0 fully saturated rings. The maximum absolute atomic E-state index is 6.29. The lowest BCUT2D eigenvalue weighted by atomic mass is 9.95. The molecule has 11 rings (SSSR count). The summed E-state index contributed by atoms with van der Waals surface area (Å²) in [7, 11) is 0. The van der Waals surface area contributed by atoms with E-state index in [1.807, 2.05) is 24.3 Å². The lowest BCUT2D eigenvalue weighted by molar-refractivity contribution is 0.668. The van der Waals surface area contributed by atoms with Gasteiger partial charge in [0.15, 0.2) is 0 Å². The van der Waals surface area contributed by atoms with E-state index >= 15 is 0 Å². The monoisotopic (exact) mass is 703 g/mol. The molecule has 0 bridgehead atoms. The van der Waals surface area contributed by atoms with Gasteiger partial charge < -0.3 is 13.7 Å². The van der Waals surface area contributed by atoms with Crippen molar-refractivity contribution in [3.05, 3.63) is 200 Å². The van der Waals surface area contributed by atoms with Crippen LogP contribution in [0.15, 0.2) is 209 Å². The highest BCUT2D eigenvalue weighted by Gasteiger charge is 2.21. The van der Waals surface area contributed by atoms with E-state index < -0.39 is 0 Å². The summed E-state index contributed by atoms with van der Waals surface area (Å²) in [5.74, 6) is 0. The molecule has 0 radical (unpaired) electrons. The number of para-hydroxylation sites is 2. The van der Waals surface area contributed by atoms with Gasteiger partial charge in [-0.1, -0.05) is 133 Å². The number of benzene rings is 9. The first-order valence-electron chi connectivity index (χ1n) is 18.7. The van der Waals surface area contributed by atoms with Crippen molar-refractivity contribution >= 4 is 71.7 Å². The van der Waals surface area contributed by atoms with E-state index in [1.54, 1.807) is 0 Å². The fourth-order valence-corrected chi connectivity index (χ4v) is 8.12. The molecule has 2 heterocycles. The maximum Gasteiger partial charge on any atom is 0.135 e. The molecular formula is C52H33NO2. The Morgan fingerprint density at radius 3 is 1.58 bits per heavy atom. The van der Waals surface area contributed by atoms with E-state index in [1.165, 1.54) is 16.3 Å². The Balaban J connectivity index is 1.11. The van der Waals surface area contributed by atoms with Crippen molar-refractivity contribution in [3.8, 4) is 33.4 Å². The van der Waals surface area contributed by atoms with Crippen LogP contribution in [0.3, 0.4) is 0 Å². The van der Waals surface area contributed by atoms with E-state index in [2.05, 4.69) is 181 Å². The first kappa shape index (κ1) is 31.2. The van der Waals surface area contributed by atoms with Crippen molar-refractivity contribution in [2.24, 2.45) is 0 Å². The quantitative estimate of drug-likeness (QED) is 0.173. The van der Waals surface area contributed by atoms with Gasteiger partial charge in [0.25, 0.3) is 0 Å². The highest BCUT2D eigenvalue weighted by Crippen LogP contribution is 2.45. The minimum absolute atomic E-state index is 0.871. The van der Waals surface area contributed by atoms with Crippen molar-refractivity contribution in [3.63, 3.8) is 0 Å². The SMILES string of the molecule is c1ccc(-c2ccc(-c3ccc4ccccc4c3)cc2N(c2ccc(-c3ccc4oc5ccccc5c4c3)cc2)c2ccc3oc4ccccc4c3c2)cc1. The fourth-order valence-electron chi connectivity index (χ4n) is 8.12. The molecule has 0 N–H and O–H groups in total. The van der Waals surface area contributed by atoms with Crippen molar-refractivity contribution in [2.75, 3.05) is 4.90 Å². The van der Waals surface area contributed by atoms with Crippen LogP contribution in [-0.4, -0.2) is 0 Å². The maximum atomic E-state index is 6.29. The molecule has 0 spiro atoms. The molecule has 0 aliphatic carbocycles. The Morgan fingerprint density at radius 2 is 0.818 bits per heavy atom. The van der Waals surface area contributed by atoms with E-state index in [0.717, 1.165) is 88.8 Å². The summed E-state index contributed by atoms with van der Waals surface area (Å²) in [5, 5.41) is 6.89. The predicted octanol–water partition coefficient (Wildman–Crippen LogP) is 15.1. The van der Waals surface area contributed by atoms with Gasteiger partial charge in [-0.2, -0.15) is 0 Å². The van der Waals surface area contributed by atoms with Gasteiger partial charge in [0, 0.05) is 38.5 Å². The molecule has 0 atom stereocenters. The average molecular weight is 704 g/mol. The molecule has 0 saturated heterocycles. The zero-order valence-corrected chi connectivity index (χ0v) is 29.8. The second-order valence-electron chi connectivity index (χ2n) is 14.1. The van der Waals surface area contributed by atoms with E-state index in [-0.39, 0.29) is 0 Å². The van der Waals surface area contributed by atoms with Crippen LogP contribution in [0.4, 0.5) is 17.1 Å². The summed E-state index contributed by atoms with van der Waals surface area (Å²) in [4.78, 5) is 2.39. The summed E-state index contributed by atoms with van der Waals surface area (Å²) < 4.78 is 12.4. The van der Waals surface area contributed by atoms with Crippen molar-refractivity contribution < 1.29 is 8.83 Å². The van der Waals surface area contributed by atoms with E-state index in [9.17, 15) is 0 Å². The van der Waals surface area contributed by atoms with Gasteiger partial charge in [0.1, 0.15) is 22.3 Å². The Bertz CT molecular complexity index is 3210. The summed E-state index contributed by atoms with van der Waals surface area (Å²) in [6.07, 6.45) is 0. The van der Waals surface area contributed by atoms with Crippen LogP contribution in [0.2, 0.25) is 0 Å². The van der Waals surface area contributed by atoms with Gasteiger partial charge >= 0.3 is 0 Å². The number of hydrogen-bond donors (Lipinski definition) is 0. The zero-order chi connectivity index (χ0) is 36.3. The number of furan rings is 2. The summed E-state index contributed by atoms with van der Waals surface area (Å²) in [6, 6.07) is 71.3. The van der Waals surface area contributed by atoms with Crippen LogP contribution >= 0.6 is 0 Å². The van der Waals surface area contributed by atoms with Gasteiger partial charge in [-0.25, -0.2) is 0 Å². The molecule has 0 saturated carbocycles. The highest BCUT2D eigenvalue weighted by atomic mass is 16.3. The standard InChI is InChI=1S/C52H33NO2/c1-2-11-36(12-3-1)43-27-22-40(38-19-18-34-10-4-5-13-37(34)30-38)32-48(43)53(42-26-29-52-47(33-42)45-15-7-9-17-50(45)55-52)41-24-20-35(21-25-41)39-23-28-51-46(31-39)44-14-6-8-16-49(44)54-51/h1-33H. The Labute approximate surface area is 317 Å². The second-order valence-corrected chi connectivity index (χ2v) is 14.1. The highest BCUT2D eigenvalue weighted by molar-refractivity contribution is 6.08. The molecule has 2 aromatic heterocycles. The topological polar surface area (TPSA) is 29.5 Å². The van der Waals surface area contributed by atoms with E-state index in [0.29, 0.717) is 0 Å². The van der Waals surface area contributed by atoms with Gasteiger partial charge in [-0.05, 0) is 105 Å². The zero-order valence-electron chi connectivity index (χ0n) is 29.8. The average Bonchev–Trinajstić information content (AvgIpc) is 3.82. The normalized spacial score (nSPS) is 11.6. The second kappa shape index (κ2) is 12.6. The molecule has 3 heteroatoms. The number of rotatable bonds is 6. The minimum atomic E-state index is 0.871. The van der Waals surface area contributed by atoms with Crippen LogP contribution in [0.25, 0.3) is 88.0 Å². The van der Waals surface area contributed by atoms with Crippen LogP contribution in [0.1, 0.15) is 0 Å². The Hall–Kier alpha value is -7.36. The van der Waals surface area contributed by atoms with E-state index in [4.69, 9.17) is 8.83 Å². The summed E-state index contributed by atoms with van der Waals surface area (Å²) in [6.45, 7) is 0. The van der Waals surface area contributed by atoms with Gasteiger partial charge in [-0.3, -0.25) is 0 Å². The van der Waals surface area contributed by atoms with Crippen molar-refractivity contribution in [1.82, 2.24) is 0 Å².